The summed E-state index contributed by atoms with van der Waals surface area (Å²) in [4.78, 5) is 7.85. The van der Waals surface area contributed by atoms with E-state index in [0.29, 0.717) is 0 Å². The first-order valence-corrected chi connectivity index (χ1v) is 35.4. The average Bonchev–Trinajstić information content (AvgIpc) is 1.77. The molecule has 0 saturated heterocycles. The number of rotatable bonds is 7. The van der Waals surface area contributed by atoms with Crippen LogP contribution in [0.15, 0.2) is 156 Å². The Bertz CT molecular complexity index is 4220. The first kappa shape index (κ1) is 55.8. The Kier molecular flexibility index (Phi) is 12.3. The molecule has 0 saturated carbocycles. The SMILES string of the molecule is Cc1cc2c3c(c1)N(c1ccc4c(c1)C(C)(C)CCC4(C)C)c1c(oc4cc5c(cc14)C(C)(C)CCC5(C)C)B3c1ccc(N(c3ccccc3)c3ccccc3C)cc1N2c1cc2c(cc1-c1ccc([Si](C)(C)C)cc1)C(C)(C)CCC2(C)C. The third-order valence-electron chi connectivity index (χ3n) is 21.8. The minimum absolute atomic E-state index is 0.00118. The third-order valence-corrected chi connectivity index (χ3v) is 23.8. The largest absolute Gasteiger partial charge is 0.468 e. The maximum Gasteiger partial charge on any atom is 0.297 e. The number of hydrogen-bond acceptors (Lipinski definition) is 4. The molecular weight excluding hydrogens is 1050 g/mol. The molecule has 4 nitrogen and oxygen atoms in total. The Labute approximate surface area is 509 Å². The van der Waals surface area contributed by atoms with Gasteiger partial charge in [-0.2, -0.15) is 0 Å². The van der Waals surface area contributed by atoms with Crippen molar-refractivity contribution in [2.45, 2.75) is 188 Å². The zero-order valence-corrected chi connectivity index (χ0v) is 55.0. The molecule has 3 heterocycles. The molecule has 9 aromatic rings. The van der Waals surface area contributed by atoms with Gasteiger partial charge in [-0.25, -0.2) is 0 Å². The number of furan rings is 1. The van der Waals surface area contributed by atoms with E-state index in [1.54, 1.807) is 0 Å². The minimum atomic E-state index is -1.61. The summed E-state index contributed by atoms with van der Waals surface area (Å²) in [6.45, 7) is 41.3. The van der Waals surface area contributed by atoms with Crippen LogP contribution in [0.25, 0.3) is 22.1 Å². The molecule has 0 spiro atoms. The van der Waals surface area contributed by atoms with Crippen molar-refractivity contribution in [3.8, 4) is 11.1 Å². The van der Waals surface area contributed by atoms with Crippen LogP contribution in [0.5, 0.6) is 0 Å². The maximum absolute atomic E-state index is 7.85. The maximum atomic E-state index is 7.85. The number of para-hydroxylation sites is 2. The second-order valence-electron chi connectivity index (χ2n) is 31.5. The van der Waals surface area contributed by atoms with Crippen LogP contribution in [-0.4, -0.2) is 14.8 Å². The fourth-order valence-corrected chi connectivity index (χ4v) is 17.2. The fourth-order valence-electron chi connectivity index (χ4n) is 16.0. The molecule has 3 aliphatic carbocycles. The molecule has 0 fully saturated rings. The molecule has 0 amide bonds. The first-order valence-electron chi connectivity index (χ1n) is 31.9. The lowest BCUT2D eigenvalue weighted by Crippen LogP contribution is -2.61. The molecule has 0 atom stereocenters. The first-order chi connectivity index (χ1) is 40.0. The van der Waals surface area contributed by atoms with Crippen LogP contribution in [0.1, 0.15) is 166 Å². The van der Waals surface area contributed by atoms with E-state index in [1.165, 1.54) is 118 Å². The van der Waals surface area contributed by atoms with Crippen molar-refractivity contribution in [2.75, 3.05) is 14.7 Å². The highest BCUT2D eigenvalue weighted by molar-refractivity contribution is 7.00. The van der Waals surface area contributed by atoms with Crippen LogP contribution in [0.2, 0.25) is 19.6 Å². The normalized spacial score (nSPS) is 18.9. The van der Waals surface area contributed by atoms with Gasteiger partial charge in [-0.05, 0) is 225 Å². The van der Waals surface area contributed by atoms with Crippen molar-refractivity contribution < 1.29 is 4.42 Å². The summed E-state index contributed by atoms with van der Waals surface area (Å²) >= 11 is 0. The molecule has 85 heavy (non-hydrogen) atoms. The summed E-state index contributed by atoms with van der Waals surface area (Å²) < 4.78 is 7.85. The molecule has 5 aliphatic rings. The van der Waals surface area contributed by atoms with E-state index >= 15 is 0 Å². The van der Waals surface area contributed by atoms with Crippen molar-refractivity contribution in [1.29, 1.82) is 0 Å². The Morgan fingerprint density at radius 1 is 0.459 bits per heavy atom. The lowest BCUT2D eigenvalue weighted by atomic mass is 9.35. The second kappa shape index (κ2) is 18.7. The summed E-state index contributed by atoms with van der Waals surface area (Å²) in [5.41, 5.74) is 28.9. The Hall–Kier alpha value is -7.02. The zero-order valence-electron chi connectivity index (χ0n) is 54.0. The molecule has 6 heteroatoms. The highest BCUT2D eigenvalue weighted by Gasteiger charge is 2.50. The highest BCUT2D eigenvalue weighted by Crippen LogP contribution is 2.57. The lowest BCUT2D eigenvalue weighted by molar-refractivity contribution is 0.332. The van der Waals surface area contributed by atoms with Gasteiger partial charge in [0.15, 0.2) is 0 Å². The molecule has 0 bridgehead atoms. The van der Waals surface area contributed by atoms with E-state index in [1.807, 2.05) is 0 Å². The number of nitrogens with zero attached hydrogens (tertiary/aromatic N) is 3. The van der Waals surface area contributed by atoms with Crippen molar-refractivity contribution >= 4 is 98.7 Å². The number of aryl methyl sites for hydroxylation is 2. The van der Waals surface area contributed by atoms with Crippen LogP contribution in [-0.2, 0) is 32.5 Å². The van der Waals surface area contributed by atoms with Crippen LogP contribution < -0.4 is 36.5 Å². The molecular formula is C79H88BN3OSi. The van der Waals surface area contributed by atoms with Gasteiger partial charge in [0.1, 0.15) is 5.58 Å². The summed E-state index contributed by atoms with van der Waals surface area (Å²) in [5, 5.41) is 2.67. The van der Waals surface area contributed by atoms with Crippen LogP contribution in [0.4, 0.5) is 51.2 Å². The van der Waals surface area contributed by atoms with E-state index in [-0.39, 0.29) is 39.2 Å². The van der Waals surface area contributed by atoms with Gasteiger partial charge in [0.25, 0.3) is 6.71 Å². The summed E-state index contributed by atoms with van der Waals surface area (Å²) in [6, 6.07) is 59.9. The second-order valence-corrected chi connectivity index (χ2v) is 36.6. The van der Waals surface area contributed by atoms with Crippen molar-refractivity contribution in [2.24, 2.45) is 0 Å². The van der Waals surface area contributed by atoms with E-state index in [4.69, 9.17) is 4.42 Å². The fraction of sp³-hybridized carbons (Fsp3) is 0.367. The Balaban J connectivity index is 1.12. The van der Waals surface area contributed by atoms with E-state index < -0.39 is 8.07 Å². The van der Waals surface area contributed by atoms with Gasteiger partial charge in [-0.1, -0.05) is 181 Å². The van der Waals surface area contributed by atoms with Crippen molar-refractivity contribution in [3.05, 3.63) is 196 Å². The molecule has 0 radical (unpaired) electrons. The van der Waals surface area contributed by atoms with Crippen LogP contribution >= 0.6 is 0 Å². The van der Waals surface area contributed by atoms with Gasteiger partial charge >= 0.3 is 0 Å². The quantitative estimate of drug-likeness (QED) is 0.148. The molecule has 0 N–H and O–H groups in total. The van der Waals surface area contributed by atoms with Gasteiger partial charge in [0.2, 0.25) is 0 Å². The topological polar surface area (TPSA) is 22.9 Å². The van der Waals surface area contributed by atoms with E-state index in [2.05, 4.69) is 283 Å². The number of benzene rings is 8. The number of hydrogen-bond donors (Lipinski definition) is 0. The molecule has 2 aliphatic heterocycles. The number of anilines is 9. The monoisotopic (exact) mass is 1130 g/mol. The van der Waals surface area contributed by atoms with E-state index in [9.17, 15) is 0 Å². The van der Waals surface area contributed by atoms with Gasteiger partial charge in [0, 0.05) is 50.8 Å². The summed E-state index contributed by atoms with van der Waals surface area (Å²) in [7, 11) is -1.61. The third kappa shape index (κ3) is 8.70. The summed E-state index contributed by atoms with van der Waals surface area (Å²) in [6.07, 6.45) is 6.86. The van der Waals surface area contributed by atoms with Crippen LogP contribution in [0, 0.1) is 13.8 Å². The minimum Gasteiger partial charge on any atom is -0.468 e. The predicted octanol–water partition coefficient (Wildman–Crippen LogP) is 19.9. The van der Waals surface area contributed by atoms with Crippen molar-refractivity contribution in [1.82, 2.24) is 0 Å². The summed E-state index contributed by atoms with van der Waals surface area (Å²) in [5.74, 6) is 0. The van der Waals surface area contributed by atoms with Gasteiger partial charge in [-0.3, -0.25) is 0 Å². The van der Waals surface area contributed by atoms with E-state index in [0.717, 1.165) is 60.4 Å². The van der Waals surface area contributed by atoms with Gasteiger partial charge in [0.05, 0.1) is 25.1 Å². The van der Waals surface area contributed by atoms with Gasteiger partial charge < -0.3 is 19.1 Å². The smallest absolute Gasteiger partial charge is 0.297 e. The Morgan fingerprint density at radius 2 is 1.00 bits per heavy atom. The highest BCUT2D eigenvalue weighted by atomic mass is 28.3. The molecule has 0 unspecified atom stereocenters. The Morgan fingerprint density at radius 3 is 1.61 bits per heavy atom. The van der Waals surface area contributed by atoms with Gasteiger partial charge in [-0.15, -0.1) is 0 Å². The molecule has 8 aromatic carbocycles. The lowest BCUT2D eigenvalue weighted by Gasteiger charge is -2.46. The molecule has 432 valence electrons. The zero-order chi connectivity index (χ0) is 59.9. The number of fused-ring (bicyclic) bond motifs is 9. The molecule has 14 rings (SSSR count). The van der Waals surface area contributed by atoms with Crippen LogP contribution in [0.3, 0.4) is 0 Å². The standard InChI is InChI=1S/C79H88BN3OSi/c1-49-41-68-71-69(42-49)83(66-47-62-60(76(7,8)37-39-78(62,11)12)45-56(66)51-27-31-55(32-28-51)85(15,16)17)67-44-54(81(52-24-19-18-20-25-52)65-26-22-21-23-50(65)2)30-34-64(67)80(71)73-72(57-46-61-63(48-70(57)84-73)79(13,14)40-38-77(61,9)10)82(68)53-29-33-58-59(43-53)75(5,6)36-35-74(58,3)4/h18-34,41-48H,35-40H2,1-17H3. The predicted molar refractivity (Wildman–Crippen MR) is 369 cm³/mol. The molecule has 1 aromatic heterocycles. The average molecular weight is 1130 g/mol. The van der Waals surface area contributed by atoms with Crippen molar-refractivity contribution in [3.63, 3.8) is 0 Å².